The van der Waals surface area contributed by atoms with Crippen LogP contribution in [0.2, 0.25) is 5.02 Å². The van der Waals surface area contributed by atoms with Crippen LogP contribution in [0.4, 0.5) is 0 Å². The molecular formula is C18H21ClN2O4S. The van der Waals surface area contributed by atoms with E-state index in [0.717, 1.165) is 5.56 Å². The molecule has 0 bridgehead atoms. The summed E-state index contributed by atoms with van der Waals surface area (Å²) < 4.78 is 32.6. The van der Waals surface area contributed by atoms with Crippen LogP contribution in [0, 0.1) is 0 Å². The molecule has 0 heterocycles. The van der Waals surface area contributed by atoms with E-state index in [9.17, 15) is 13.2 Å². The van der Waals surface area contributed by atoms with E-state index in [0.29, 0.717) is 30.3 Å². The maximum atomic E-state index is 12.2. The van der Waals surface area contributed by atoms with E-state index in [4.69, 9.17) is 16.3 Å². The van der Waals surface area contributed by atoms with Crippen molar-refractivity contribution in [2.45, 2.75) is 18.2 Å². The van der Waals surface area contributed by atoms with Crippen LogP contribution < -0.4 is 14.8 Å². The number of hydrogen-bond donors (Lipinski definition) is 2. The van der Waals surface area contributed by atoms with Crippen molar-refractivity contribution < 1.29 is 17.9 Å². The van der Waals surface area contributed by atoms with Gasteiger partial charge in [-0.05, 0) is 48.4 Å². The van der Waals surface area contributed by atoms with Gasteiger partial charge in [0.1, 0.15) is 12.4 Å². The van der Waals surface area contributed by atoms with Gasteiger partial charge in [0, 0.05) is 18.5 Å². The first-order valence-electron chi connectivity index (χ1n) is 8.08. The third kappa shape index (κ3) is 6.67. The van der Waals surface area contributed by atoms with Crippen molar-refractivity contribution in [3.05, 3.63) is 59.1 Å². The molecule has 8 heteroatoms. The molecule has 2 N–H and O–H groups in total. The lowest BCUT2D eigenvalue weighted by Crippen LogP contribution is -2.26. The number of nitrogens with one attached hydrogen (secondary N) is 2. The van der Waals surface area contributed by atoms with Gasteiger partial charge in [-0.2, -0.15) is 0 Å². The highest BCUT2D eigenvalue weighted by Gasteiger charge is 2.13. The number of sulfonamides is 1. The molecule has 0 aliphatic heterocycles. The predicted octanol–water partition coefficient (Wildman–Crippen LogP) is 2.38. The first-order chi connectivity index (χ1) is 12.4. The molecular weight excluding hydrogens is 376 g/mol. The summed E-state index contributed by atoms with van der Waals surface area (Å²) in [6.45, 7) is 2.51. The zero-order valence-corrected chi connectivity index (χ0v) is 15.9. The minimum Gasteiger partial charge on any atom is -0.492 e. The predicted molar refractivity (Wildman–Crippen MR) is 101 cm³/mol. The maximum absolute atomic E-state index is 12.2. The molecule has 0 saturated heterocycles. The molecule has 140 valence electrons. The number of amides is 1. The summed E-state index contributed by atoms with van der Waals surface area (Å²) in [7, 11) is -3.56. The van der Waals surface area contributed by atoms with Crippen LogP contribution in [0.3, 0.4) is 0 Å². The lowest BCUT2D eigenvalue weighted by molar-refractivity contribution is -0.119. The van der Waals surface area contributed by atoms with E-state index >= 15 is 0 Å². The summed E-state index contributed by atoms with van der Waals surface area (Å²) in [5.74, 6) is 0.573. The topological polar surface area (TPSA) is 84.5 Å². The summed E-state index contributed by atoms with van der Waals surface area (Å²) in [6, 6.07) is 13.4. The fourth-order valence-electron chi connectivity index (χ4n) is 2.21. The van der Waals surface area contributed by atoms with E-state index in [1.807, 2.05) is 24.3 Å². The van der Waals surface area contributed by atoms with Crippen LogP contribution in [-0.4, -0.2) is 34.0 Å². The summed E-state index contributed by atoms with van der Waals surface area (Å²) in [5.41, 5.74) is 0.945. The van der Waals surface area contributed by atoms with Gasteiger partial charge < -0.3 is 10.1 Å². The Hall–Kier alpha value is -2.09. The van der Waals surface area contributed by atoms with Crippen molar-refractivity contribution in [1.82, 2.24) is 10.0 Å². The highest BCUT2D eigenvalue weighted by Crippen LogP contribution is 2.15. The standard InChI is InChI=1S/C18H21ClN2O4S/c1-14(22)20-11-12-25-17-4-2-3-15(13-17)9-10-21-26(23,24)18-7-5-16(19)6-8-18/h2-8,13,21H,9-12H2,1H3,(H,20,22). The van der Waals surface area contributed by atoms with Gasteiger partial charge in [0.15, 0.2) is 0 Å². The van der Waals surface area contributed by atoms with E-state index in [2.05, 4.69) is 10.0 Å². The normalized spacial score (nSPS) is 11.2. The summed E-state index contributed by atoms with van der Waals surface area (Å²) in [5, 5.41) is 3.14. The fourth-order valence-corrected chi connectivity index (χ4v) is 3.37. The van der Waals surface area contributed by atoms with Crippen LogP contribution in [0.25, 0.3) is 0 Å². The second kappa shape index (κ2) is 9.56. The molecule has 0 atom stereocenters. The third-order valence-electron chi connectivity index (χ3n) is 3.47. The van der Waals surface area contributed by atoms with Gasteiger partial charge in [0.2, 0.25) is 15.9 Å². The minimum absolute atomic E-state index is 0.102. The van der Waals surface area contributed by atoms with Crippen LogP contribution in [-0.2, 0) is 21.2 Å². The first kappa shape index (κ1) is 20.2. The molecule has 2 rings (SSSR count). The van der Waals surface area contributed by atoms with Crippen molar-refractivity contribution in [2.75, 3.05) is 19.7 Å². The molecule has 0 aliphatic carbocycles. The second-order valence-corrected chi connectivity index (χ2v) is 7.78. The van der Waals surface area contributed by atoms with Gasteiger partial charge in [-0.1, -0.05) is 23.7 Å². The lowest BCUT2D eigenvalue weighted by atomic mass is 10.1. The van der Waals surface area contributed by atoms with E-state index in [1.54, 1.807) is 0 Å². The molecule has 0 unspecified atom stereocenters. The zero-order valence-electron chi connectivity index (χ0n) is 14.4. The molecule has 0 saturated carbocycles. The number of ether oxygens (including phenoxy) is 1. The minimum atomic E-state index is -3.56. The van der Waals surface area contributed by atoms with E-state index < -0.39 is 10.0 Å². The molecule has 6 nitrogen and oxygen atoms in total. The number of rotatable bonds is 9. The van der Waals surface area contributed by atoms with Gasteiger partial charge >= 0.3 is 0 Å². The SMILES string of the molecule is CC(=O)NCCOc1cccc(CCNS(=O)(=O)c2ccc(Cl)cc2)c1. The number of carbonyl (C=O) groups is 1. The van der Waals surface area contributed by atoms with Crippen LogP contribution in [0.5, 0.6) is 5.75 Å². The Morgan fingerprint density at radius 3 is 2.54 bits per heavy atom. The zero-order chi connectivity index (χ0) is 19.0. The van der Waals surface area contributed by atoms with Crippen molar-refractivity contribution in [2.24, 2.45) is 0 Å². The molecule has 0 spiro atoms. The second-order valence-electron chi connectivity index (χ2n) is 5.58. The Morgan fingerprint density at radius 2 is 1.85 bits per heavy atom. The maximum Gasteiger partial charge on any atom is 0.240 e. The molecule has 26 heavy (non-hydrogen) atoms. The quantitative estimate of drug-likeness (QED) is 0.637. The Balaban J connectivity index is 1.84. The van der Waals surface area contributed by atoms with Gasteiger partial charge in [-0.15, -0.1) is 0 Å². The van der Waals surface area contributed by atoms with Crippen LogP contribution in [0.15, 0.2) is 53.4 Å². The Morgan fingerprint density at radius 1 is 1.12 bits per heavy atom. The van der Waals surface area contributed by atoms with Crippen LogP contribution in [0.1, 0.15) is 12.5 Å². The Bertz CT molecular complexity index is 839. The number of halogens is 1. The highest BCUT2D eigenvalue weighted by molar-refractivity contribution is 7.89. The van der Waals surface area contributed by atoms with Crippen molar-refractivity contribution in [3.8, 4) is 5.75 Å². The van der Waals surface area contributed by atoms with Crippen molar-refractivity contribution in [3.63, 3.8) is 0 Å². The number of carbonyl (C=O) groups excluding carboxylic acids is 1. The van der Waals surface area contributed by atoms with Gasteiger partial charge in [-0.25, -0.2) is 13.1 Å². The molecule has 2 aromatic rings. The molecule has 0 fully saturated rings. The molecule has 2 aromatic carbocycles. The molecule has 0 radical (unpaired) electrons. The summed E-state index contributed by atoms with van der Waals surface area (Å²) >= 11 is 5.77. The van der Waals surface area contributed by atoms with Gasteiger partial charge in [-0.3, -0.25) is 4.79 Å². The number of benzene rings is 2. The van der Waals surface area contributed by atoms with E-state index in [1.165, 1.54) is 31.2 Å². The number of hydrogen-bond acceptors (Lipinski definition) is 4. The van der Waals surface area contributed by atoms with Crippen molar-refractivity contribution >= 4 is 27.5 Å². The third-order valence-corrected chi connectivity index (χ3v) is 5.20. The molecule has 0 aromatic heterocycles. The van der Waals surface area contributed by atoms with Gasteiger partial charge in [0.25, 0.3) is 0 Å². The van der Waals surface area contributed by atoms with E-state index in [-0.39, 0.29) is 17.3 Å². The smallest absolute Gasteiger partial charge is 0.240 e. The lowest BCUT2D eigenvalue weighted by Gasteiger charge is -2.09. The average molecular weight is 397 g/mol. The summed E-state index contributed by atoms with van der Waals surface area (Å²) in [6.07, 6.45) is 0.524. The Kier molecular flexibility index (Phi) is 7.44. The van der Waals surface area contributed by atoms with Crippen LogP contribution >= 0.6 is 11.6 Å². The highest BCUT2D eigenvalue weighted by atomic mass is 35.5. The monoisotopic (exact) mass is 396 g/mol. The fraction of sp³-hybridized carbons (Fsp3) is 0.278. The first-order valence-corrected chi connectivity index (χ1v) is 9.94. The molecule has 1 amide bonds. The summed E-state index contributed by atoms with van der Waals surface area (Å²) in [4.78, 5) is 11.0. The van der Waals surface area contributed by atoms with Crippen molar-refractivity contribution in [1.29, 1.82) is 0 Å². The largest absolute Gasteiger partial charge is 0.492 e. The Labute approximate surface area is 158 Å². The molecule has 0 aliphatic rings. The average Bonchev–Trinajstić information content (AvgIpc) is 2.59. The van der Waals surface area contributed by atoms with Gasteiger partial charge in [0.05, 0.1) is 11.4 Å².